The van der Waals surface area contributed by atoms with Crippen LogP contribution in [0.15, 0.2) is 45.9 Å². The van der Waals surface area contributed by atoms with Gasteiger partial charge in [0.2, 0.25) is 10.0 Å². The van der Waals surface area contributed by atoms with E-state index in [2.05, 4.69) is 10.1 Å². The molecular formula is C21H24N4O4S. The molecule has 0 amide bonds. The highest BCUT2D eigenvalue weighted by Crippen LogP contribution is 2.34. The topological polar surface area (TPSA) is 123 Å². The predicted molar refractivity (Wildman–Crippen MR) is 113 cm³/mol. The van der Waals surface area contributed by atoms with Gasteiger partial charge in [0.15, 0.2) is 5.76 Å². The number of benzene rings is 1. The van der Waals surface area contributed by atoms with E-state index >= 15 is 0 Å². The summed E-state index contributed by atoms with van der Waals surface area (Å²) in [7, 11) is -3.71. The largest absolute Gasteiger partial charge is 0.395 e. The van der Waals surface area contributed by atoms with Gasteiger partial charge in [-0.05, 0) is 56.0 Å². The van der Waals surface area contributed by atoms with Crippen molar-refractivity contribution in [3.05, 3.63) is 47.8 Å². The quantitative estimate of drug-likeness (QED) is 0.640. The van der Waals surface area contributed by atoms with Crippen LogP contribution >= 0.6 is 0 Å². The first-order valence-electron chi connectivity index (χ1n) is 9.74. The van der Waals surface area contributed by atoms with Gasteiger partial charge in [0.25, 0.3) is 0 Å². The lowest BCUT2D eigenvalue weighted by Crippen LogP contribution is -2.37. The zero-order chi connectivity index (χ0) is 21.5. The Balaban J connectivity index is 1.78. The minimum absolute atomic E-state index is 0.181. The van der Waals surface area contributed by atoms with Gasteiger partial charge in [-0.15, -0.1) is 0 Å². The maximum absolute atomic E-state index is 13.2. The van der Waals surface area contributed by atoms with Crippen molar-refractivity contribution in [3.8, 4) is 22.5 Å². The minimum Gasteiger partial charge on any atom is -0.395 e. The summed E-state index contributed by atoms with van der Waals surface area (Å²) in [5.74, 6) is 0.808. The number of aromatic nitrogens is 2. The average molecular weight is 429 g/mol. The molecule has 0 radical (unpaired) electrons. The van der Waals surface area contributed by atoms with Gasteiger partial charge < -0.3 is 15.4 Å². The molecule has 3 aromatic rings. The van der Waals surface area contributed by atoms with E-state index in [9.17, 15) is 13.5 Å². The third kappa shape index (κ3) is 3.60. The van der Waals surface area contributed by atoms with E-state index in [0.29, 0.717) is 30.1 Å². The summed E-state index contributed by atoms with van der Waals surface area (Å²) in [5, 5.41) is 13.4. The number of pyridine rings is 1. The summed E-state index contributed by atoms with van der Waals surface area (Å²) in [4.78, 5) is 4.47. The molecule has 4 rings (SSSR count). The Kier molecular flexibility index (Phi) is 5.35. The Morgan fingerprint density at radius 1 is 1.23 bits per heavy atom. The molecule has 3 heterocycles. The van der Waals surface area contributed by atoms with Gasteiger partial charge in [0, 0.05) is 30.4 Å². The molecule has 1 aliphatic heterocycles. The number of sulfonamides is 1. The second kappa shape index (κ2) is 7.82. The molecule has 1 aliphatic rings. The van der Waals surface area contributed by atoms with Crippen LogP contribution in [0.25, 0.3) is 22.5 Å². The Morgan fingerprint density at radius 2 is 2.03 bits per heavy atom. The lowest BCUT2D eigenvalue weighted by atomic mass is 10.00. The maximum atomic E-state index is 13.2. The summed E-state index contributed by atoms with van der Waals surface area (Å²) in [6, 6.07) is 8.26. The van der Waals surface area contributed by atoms with E-state index in [0.717, 1.165) is 28.8 Å². The molecule has 158 valence electrons. The molecule has 30 heavy (non-hydrogen) atoms. The molecule has 0 spiro atoms. The van der Waals surface area contributed by atoms with Crippen molar-refractivity contribution < 1.29 is 18.0 Å². The van der Waals surface area contributed by atoms with Gasteiger partial charge >= 0.3 is 0 Å². The third-order valence-corrected chi connectivity index (χ3v) is 7.42. The summed E-state index contributed by atoms with van der Waals surface area (Å²) in [6.45, 7) is 3.96. The van der Waals surface area contributed by atoms with Gasteiger partial charge in [-0.25, -0.2) is 13.4 Å². The lowest BCUT2D eigenvalue weighted by molar-refractivity contribution is 0.213. The van der Waals surface area contributed by atoms with Crippen molar-refractivity contribution in [2.24, 2.45) is 0 Å². The van der Waals surface area contributed by atoms with Crippen LogP contribution in [0.5, 0.6) is 0 Å². The number of hydrogen-bond donors (Lipinski definition) is 2. The number of aryl methyl sites for hydroxylation is 2. The average Bonchev–Trinajstić information content (AvgIpc) is 3.38. The highest BCUT2D eigenvalue weighted by atomic mass is 32.2. The molecule has 3 N–H and O–H groups in total. The highest BCUT2D eigenvalue weighted by molar-refractivity contribution is 7.89. The zero-order valence-corrected chi connectivity index (χ0v) is 17.7. The number of aliphatic hydroxyl groups excluding tert-OH is 1. The molecule has 1 unspecified atom stereocenters. The first-order chi connectivity index (χ1) is 14.3. The number of nitrogens with two attached hydrogens (primary N) is 1. The van der Waals surface area contributed by atoms with Crippen LogP contribution in [0.2, 0.25) is 0 Å². The second-order valence-corrected chi connectivity index (χ2v) is 9.45. The summed E-state index contributed by atoms with van der Waals surface area (Å²) < 4.78 is 33.1. The summed E-state index contributed by atoms with van der Waals surface area (Å²) in [6.07, 6.45) is 3.02. The van der Waals surface area contributed by atoms with Crippen LogP contribution < -0.4 is 5.73 Å². The molecule has 1 atom stereocenters. The van der Waals surface area contributed by atoms with E-state index in [1.165, 1.54) is 4.31 Å². The number of rotatable bonds is 5. The van der Waals surface area contributed by atoms with Crippen LogP contribution in [0.1, 0.15) is 24.1 Å². The Bertz CT molecular complexity index is 1190. The number of nitrogens with zero attached hydrogens (tertiary/aromatic N) is 3. The van der Waals surface area contributed by atoms with Gasteiger partial charge in [-0.1, -0.05) is 11.2 Å². The minimum atomic E-state index is -3.71. The van der Waals surface area contributed by atoms with Crippen LogP contribution in [-0.2, 0) is 10.0 Å². The second-order valence-electron chi connectivity index (χ2n) is 7.56. The molecule has 1 saturated heterocycles. The molecule has 1 aromatic carbocycles. The Hall–Kier alpha value is -2.75. The van der Waals surface area contributed by atoms with Gasteiger partial charge in [0.1, 0.15) is 5.82 Å². The van der Waals surface area contributed by atoms with Crippen molar-refractivity contribution in [2.45, 2.75) is 37.6 Å². The van der Waals surface area contributed by atoms with Crippen molar-refractivity contribution in [2.75, 3.05) is 18.9 Å². The van der Waals surface area contributed by atoms with E-state index < -0.39 is 10.0 Å². The van der Waals surface area contributed by atoms with Crippen LogP contribution in [0.4, 0.5) is 5.82 Å². The van der Waals surface area contributed by atoms with E-state index in [1.807, 2.05) is 19.9 Å². The van der Waals surface area contributed by atoms with Gasteiger partial charge in [-0.2, -0.15) is 4.31 Å². The van der Waals surface area contributed by atoms with Crippen molar-refractivity contribution in [1.29, 1.82) is 0 Å². The highest BCUT2D eigenvalue weighted by Gasteiger charge is 2.35. The maximum Gasteiger partial charge on any atom is 0.243 e. The molecule has 8 nitrogen and oxygen atoms in total. The smallest absolute Gasteiger partial charge is 0.243 e. The SMILES string of the molecule is Cc1cc(-c2cc(-c3cc(S(=O)(=O)N4CCCC4CO)ccc3C)cnc2N)on1. The fourth-order valence-electron chi connectivity index (χ4n) is 3.83. The van der Waals surface area contributed by atoms with E-state index in [1.54, 1.807) is 30.5 Å². The Morgan fingerprint density at radius 3 is 2.73 bits per heavy atom. The standard InChI is InChI=1S/C21H24N4O4S/c1-13-5-6-17(30(27,28)25-7-3-4-16(25)12-26)10-18(13)15-9-19(21(22)23-11-15)20-8-14(2)24-29-20/h5-6,8-11,16,26H,3-4,7,12H2,1-2H3,(H2,22,23). The third-order valence-electron chi connectivity index (χ3n) is 5.47. The normalized spacial score (nSPS) is 17.5. The van der Waals surface area contributed by atoms with Crippen LogP contribution in [-0.4, -0.2) is 47.2 Å². The first-order valence-corrected chi connectivity index (χ1v) is 11.2. The monoisotopic (exact) mass is 428 g/mol. The number of anilines is 1. The van der Waals surface area contributed by atoms with Crippen LogP contribution in [0.3, 0.4) is 0 Å². The summed E-state index contributed by atoms with van der Waals surface area (Å²) in [5.41, 5.74) is 9.72. The van der Waals surface area contributed by atoms with Crippen molar-refractivity contribution in [1.82, 2.24) is 14.4 Å². The fourth-order valence-corrected chi connectivity index (χ4v) is 5.54. The molecular weight excluding hydrogens is 404 g/mol. The lowest BCUT2D eigenvalue weighted by Gasteiger charge is -2.23. The first kappa shape index (κ1) is 20.5. The molecule has 2 aromatic heterocycles. The Labute approximate surface area is 175 Å². The molecule has 9 heteroatoms. The molecule has 0 bridgehead atoms. The molecule has 1 fully saturated rings. The summed E-state index contributed by atoms with van der Waals surface area (Å²) >= 11 is 0. The zero-order valence-electron chi connectivity index (χ0n) is 16.9. The van der Waals surface area contributed by atoms with Crippen molar-refractivity contribution in [3.63, 3.8) is 0 Å². The number of hydrogen-bond acceptors (Lipinski definition) is 7. The molecule has 0 aliphatic carbocycles. The predicted octanol–water partition coefficient (Wildman–Crippen LogP) is 2.75. The fraction of sp³-hybridized carbons (Fsp3) is 0.333. The molecule has 0 saturated carbocycles. The van der Waals surface area contributed by atoms with Crippen molar-refractivity contribution >= 4 is 15.8 Å². The van der Waals surface area contributed by atoms with E-state index in [-0.39, 0.29) is 17.5 Å². The van der Waals surface area contributed by atoms with Gasteiger partial charge in [-0.3, -0.25) is 0 Å². The number of nitrogen functional groups attached to an aromatic ring is 1. The number of aliphatic hydroxyl groups is 1. The van der Waals surface area contributed by atoms with Gasteiger partial charge in [0.05, 0.1) is 22.8 Å². The van der Waals surface area contributed by atoms with Crippen LogP contribution in [0, 0.1) is 13.8 Å². The van der Waals surface area contributed by atoms with E-state index in [4.69, 9.17) is 10.3 Å².